The molecule has 2 aromatic rings. The van der Waals surface area contributed by atoms with Crippen LogP contribution in [0.3, 0.4) is 0 Å². The van der Waals surface area contributed by atoms with Gasteiger partial charge in [-0.3, -0.25) is 0 Å². The lowest BCUT2D eigenvalue weighted by molar-refractivity contribution is 0.788. The molecule has 0 aliphatic carbocycles. The lowest BCUT2D eigenvalue weighted by Crippen LogP contribution is -2.09. The Morgan fingerprint density at radius 3 is 2.88 bits per heavy atom. The van der Waals surface area contributed by atoms with E-state index in [4.69, 9.17) is 0 Å². The maximum atomic E-state index is 3.97. The Kier molecular flexibility index (Phi) is 4.37. The van der Waals surface area contributed by atoms with Gasteiger partial charge in [0.05, 0.1) is 5.69 Å². The lowest BCUT2D eigenvalue weighted by Gasteiger charge is -2.06. The Morgan fingerprint density at radius 1 is 1.29 bits per heavy atom. The predicted octanol–water partition coefficient (Wildman–Crippen LogP) is 1.83. The maximum absolute atomic E-state index is 3.97. The number of thioether (sulfide) groups is 1. The van der Waals surface area contributed by atoms with E-state index < -0.39 is 0 Å². The molecule has 6 heteroatoms. The average molecular weight is 249 g/mol. The Hall–Kier alpha value is -1.56. The number of nitrogens with one attached hydrogen (secondary N) is 1. The van der Waals surface area contributed by atoms with E-state index in [9.17, 15) is 0 Å². The summed E-state index contributed by atoms with van der Waals surface area (Å²) in [5, 5.41) is 14.9. The molecule has 1 heterocycles. The smallest absolute Gasteiger partial charge is 0.247 e. The molecule has 0 fully saturated rings. The van der Waals surface area contributed by atoms with Gasteiger partial charge >= 0.3 is 0 Å². The normalized spacial score (nSPS) is 10.4. The molecular weight excluding hydrogens is 234 g/mol. The molecule has 0 bridgehead atoms. The third-order valence-corrected chi connectivity index (χ3v) is 2.98. The third-order valence-electron chi connectivity index (χ3n) is 2.28. The molecule has 0 unspecified atom stereocenters. The van der Waals surface area contributed by atoms with E-state index in [0.717, 1.165) is 24.4 Å². The lowest BCUT2D eigenvalue weighted by atomic mass is 10.3. The highest BCUT2D eigenvalue weighted by molar-refractivity contribution is 7.98. The number of aromatic nitrogens is 4. The molecule has 0 saturated heterocycles. The maximum Gasteiger partial charge on any atom is 0.247 e. The number of anilines is 1. The van der Waals surface area contributed by atoms with E-state index in [1.165, 1.54) is 0 Å². The van der Waals surface area contributed by atoms with Gasteiger partial charge in [-0.1, -0.05) is 23.3 Å². The second-order valence-corrected chi connectivity index (χ2v) is 4.51. The number of tetrazole rings is 1. The highest BCUT2D eigenvalue weighted by atomic mass is 32.2. The molecule has 17 heavy (non-hydrogen) atoms. The summed E-state index contributed by atoms with van der Waals surface area (Å²) >= 11 is 1.84. The Bertz CT molecular complexity index is 442. The van der Waals surface area contributed by atoms with Crippen LogP contribution in [0.2, 0.25) is 0 Å². The van der Waals surface area contributed by atoms with Crippen molar-refractivity contribution >= 4 is 17.7 Å². The average Bonchev–Trinajstić information content (AvgIpc) is 2.84. The molecular formula is C11H15N5S. The predicted molar refractivity (Wildman–Crippen MR) is 70.6 cm³/mol. The van der Waals surface area contributed by atoms with Gasteiger partial charge in [0.1, 0.15) is 0 Å². The highest BCUT2D eigenvalue weighted by Gasteiger charge is 2.06. The van der Waals surface area contributed by atoms with E-state index in [2.05, 4.69) is 27.1 Å². The van der Waals surface area contributed by atoms with Crippen LogP contribution < -0.4 is 5.32 Å². The van der Waals surface area contributed by atoms with Crippen LogP contribution in [0.15, 0.2) is 30.3 Å². The first-order valence-electron chi connectivity index (χ1n) is 5.48. The minimum absolute atomic E-state index is 0.692. The first-order chi connectivity index (χ1) is 8.42. The van der Waals surface area contributed by atoms with Gasteiger partial charge < -0.3 is 5.32 Å². The number of hydrogen-bond acceptors (Lipinski definition) is 5. The van der Waals surface area contributed by atoms with Crippen molar-refractivity contribution in [1.82, 2.24) is 20.2 Å². The van der Waals surface area contributed by atoms with Crippen molar-refractivity contribution in [3.05, 3.63) is 30.3 Å². The molecule has 1 aromatic carbocycles. The van der Waals surface area contributed by atoms with Crippen molar-refractivity contribution in [2.24, 2.45) is 0 Å². The van der Waals surface area contributed by atoms with Crippen LogP contribution in [0.1, 0.15) is 6.42 Å². The summed E-state index contributed by atoms with van der Waals surface area (Å²) in [5.74, 6) is 1.83. The number of benzene rings is 1. The van der Waals surface area contributed by atoms with E-state index in [0.29, 0.717) is 5.95 Å². The minimum Gasteiger partial charge on any atom is -0.353 e. The van der Waals surface area contributed by atoms with Gasteiger partial charge in [-0.25, -0.2) is 0 Å². The molecule has 2 rings (SSSR count). The molecule has 0 radical (unpaired) electrons. The zero-order valence-corrected chi connectivity index (χ0v) is 10.5. The summed E-state index contributed by atoms with van der Waals surface area (Å²) in [6.07, 6.45) is 3.21. The molecule has 0 aliphatic heterocycles. The Morgan fingerprint density at radius 2 is 2.12 bits per heavy atom. The number of nitrogens with zero attached hydrogens (tertiary/aromatic N) is 4. The second-order valence-electron chi connectivity index (χ2n) is 3.52. The Balaban J connectivity index is 2.02. The fourth-order valence-electron chi connectivity index (χ4n) is 1.46. The van der Waals surface area contributed by atoms with Gasteiger partial charge in [0, 0.05) is 6.54 Å². The van der Waals surface area contributed by atoms with E-state index in [-0.39, 0.29) is 0 Å². The minimum atomic E-state index is 0.692. The Labute approximate surface area is 105 Å². The standard InChI is InChI=1S/C11H15N5S/c1-17-9-5-8-12-11-13-14-15-16(11)10-6-3-2-4-7-10/h2-4,6-7H,5,8-9H2,1H3,(H,12,13,15). The van der Waals surface area contributed by atoms with E-state index in [1.54, 1.807) is 4.68 Å². The molecule has 0 aliphatic rings. The summed E-state index contributed by atoms with van der Waals surface area (Å²) in [6.45, 7) is 0.883. The van der Waals surface area contributed by atoms with Gasteiger partial charge in [0.25, 0.3) is 0 Å². The van der Waals surface area contributed by atoms with Gasteiger partial charge in [-0.15, -0.1) is 0 Å². The SMILES string of the molecule is CSCCCNc1nnnn1-c1ccccc1. The summed E-state index contributed by atoms with van der Waals surface area (Å²) in [5.41, 5.74) is 0.963. The van der Waals surface area contributed by atoms with Crippen molar-refractivity contribution in [2.75, 3.05) is 23.9 Å². The molecule has 90 valence electrons. The van der Waals surface area contributed by atoms with Crippen molar-refractivity contribution in [2.45, 2.75) is 6.42 Å². The van der Waals surface area contributed by atoms with Crippen LogP contribution in [0, 0.1) is 0 Å². The van der Waals surface area contributed by atoms with Crippen molar-refractivity contribution in [3.63, 3.8) is 0 Å². The summed E-state index contributed by atoms with van der Waals surface area (Å²) < 4.78 is 1.71. The summed E-state index contributed by atoms with van der Waals surface area (Å²) in [7, 11) is 0. The van der Waals surface area contributed by atoms with Crippen LogP contribution >= 0.6 is 11.8 Å². The van der Waals surface area contributed by atoms with Gasteiger partial charge in [-0.05, 0) is 41.0 Å². The van der Waals surface area contributed by atoms with Crippen LogP contribution in [0.5, 0.6) is 0 Å². The zero-order chi connectivity index (χ0) is 11.9. The van der Waals surface area contributed by atoms with Crippen LogP contribution in [0.4, 0.5) is 5.95 Å². The quantitative estimate of drug-likeness (QED) is 0.791. The van der Waals surface area contributed by atoms with Crippen molar-refractivity contribution in [1.29, 1.82) is 0 Å². The molecule has 1 N–H and O–H groups in total. The fraction of sp³-hybridized carbons (Fsp3) is 0.364. The highest BCUT2D eigenvalue weighted by Crippen LogP contribution is 2.10. The first-order valence-corrected chi connectivity index (χ1v) is 6.88. The number of hydrogen-bond donors (Lipinski definition) is 1. The summed E-state index contributed by atoms with van der Waals surface area (Å²) in [4.78, 5) is 0. The summed E-state index contributed by atoms with van der Waals surface area (Å²) in [6, 6.07) is 9.86. The molecule has 1 aromatic heterocycles. The second kappa shape index (κ2) is 6.24. The number of para-hydroxylation sites is 1. The topological polar surface area (TPSA) is 55.6 Å². The van der Waals surface area contributed by atoms with Crippen molar-refractivity contribution in [3.8, 4) is 5.69 Å². The first kappa shape index (κ1) is 11.9. The molecule has 0 spiro atoms. The largest absolute Gasteiger partial charge is 0.353 e. The van der Waals surface area contributed by atoms with E-state index in [1.807, 2.05) is 42.1 Å². The third kappa shape index (κ3) is 3.20. The van der Waals surface area contributed by atoms with Gasteiger partial charge in [-0.2, -0.15) is 16.4 Å². The molecule has 5 nitrogen and oxygen atoms in total. The number of rotatable bonds is 6. The fourth-order valence-corrected chi connectivity index (χ4v) is 1.89. The van der Waals surface area contributed by atoms with Gasteiger partial charge in [0.15, 0.2) is 0 Å². The van der Waals surface area contributed by atoms with E-state index >= 15 is 0 Å². The van der Waals surface area contributed by atoms with Crippen LogP contribution in [-0.4, -0.2) is 38.8 Å². The van der Waals surface area contributed by atoms with Gasteiger partial charge in [0.2, 0.25) is 5.95 Å². The molecule has 0 atom stereocenters. The zero-order valence-electron chi connectivity index (χ0n) is 9.71. The van der Waals surface area contributed by atoms with Crippen LogP contribution in [-0.2, 0) is 0 Å². The van der Waals surface area contributed by atoms with Crippen LogP contribution in [0.25, 0.3) is 5.69 Å². The molecule has 0 saturated carbocycles. The molecule has 0 amide bonds. The van der Waals surface area contributed by atoms with Crippen molar-refractivity contribution < 1.29 is 0 Å². The monoisotopic (exact) mass is 249 g/mol.